The summed E-state index contributed by atoms with van der Waals surface area (Å²) in [5, 5.41) is 68.6. The lowest BCUT2D eigenvalue weighted by atomic mass is 9.93. The second-order valence-corrected chi connectivity index (χ2v) is 11.8. The number of Topliss-reactive ketones (excluding diaryl/α,β-unsaturated/α-hetero) is 1. The molecule has 2 saturated heterocycles. The second kappa shape index (κ2) is 20.4. The molecule has 0 bridgehead atoms. The third-order valence-electron chi connectivity index (χ3n) is 8.09. The number of likely N-dealkylation sites (N-methyl/N-ethyl adjacent to an activating group) is 1. The summed E-state index contributed by atoms with van der Waals surface area (Å²) in [7, 11) is 1.66. The van der Waals surface area contributed by atoms with Crippen LogP contribution in [0, 0.1) is 0 Å². The van der Waals surface area contributed by atoms with E-state index >= 15 is 0 Å². The molecule has 2 heterocycles. The Labute approximate surface area is 264 Å². The highest BCUT2D eigenvalue weighted by molar-refractivity contribution is 5.87. The lowest BCUT2D eigenvalue weighted by molar-refractivity contribution is -0.270. The topological polar surface area (TPSA) is 240 Å². The van der Waals surface area contributed by atoms with Crippen molar-refractivity contribution in [1.29, 1.82) is 0 Å². The molecule has 45 heavy (non-hydrogen) atoms. The van der Waals surface area contributed by atoms with Gasteiger partial charge in [-0.15, -0.1) is 0 Å². The van der Waals surface area contributed by atoms with Crippen molar-refractivity contribution >= 4 is 17.6 Å². The zero-order chi connectivity index (χ0) is 33.5. The molecule has 262 valence electrons. The van der Waals surface area contributed by atoms with Crippen LogP contribution < -0.4 is 16.0 Å². The number of amides is 2. The van der Waals surface area contributed by atoms with E-state index in [-0.39, 0.29) is 31.4 Å². The summed E-state index contributed by atoms with van der Waals surface area (Å²) in [6, 6.07) is -1.05. The molecule has 2 aliphatic rings. The van der Waals surface area contributed by atoms with Gasteiger partial charge in [-0.05, 0) is 52.7 Å². The highest BCUT2D eigenvalue weighted by Crippen LogP contribution is 2.25. The standard InChI is InChI=1S/C29H54N4O12/c1-17-24(38)28(42)25(39)20(44-17)8-7-11-33(10-6-4-5-9-22(37)31-15-19(36)14-30-3)12-13-43-29-23(32-18(2)35)27(41)26(40)21(16-34)45-29/h17,20-21,23-30,34,38-42H,4-16H2,1-3H3,(H,31,37)(H,32,35)/t17-,20-,21+,23+,24+,25+,26+,27+,28+,29+/m0/s1. The summed E-state index contributed by atoms with van der Waals surface area (Å²) < 4.78 is 17.2. The van der Waals surface area contributed by atoms with E-state index in [4.69, 9.17) is 14.2 Å². The normalized spacial score (nSPS) is 32.0. The van der Waals surface area contributed by atoms with Crippen LogP contribution in [0.3, 0.4) is 0 Å². The molecule has 2 amide bonds. The Morgan fingerprint density at radius 3 is 2.18 bits per heavy atom. The molecule has 16 nitrogen and oxygen atoms in total. The molecule has 2 fully saturated rings. The first-order chi connectivity index (χ1) is 21.4. The number of nitrogens with zero attached hydrogens (tertiary/aromatic N) is 1. The van der Waals surface area contributed by atoms with Crippen LogP contribution in [0.4, 0.5) is 0 Å². The van der Waals surface area contributed by atoms with E-state index in [1.165, 1.54) is 6.92 Å². The first-order valence-electron chi connectivity index (χ1n) is 15.8. The highest BCUT2D eigenvalue weighted by Gasteiger charge is 2.45. The third-order valence-corrected chi connectivity index (χ3v) is 8.09. The summed E-state index contributed by atoms with van der Waals surface area (Å²) in [5.74, 6) is -0.744. The number of hydrogen-bond donors (Lipinski definition) is 9. The van der Waals surface area contributed by atoms with Crippen LogP contribution in [0.25, 0.3) is 0 Å². The van der Waals surface area contributed by atoms with Crippen molar-refractivity contribution in [1.82, 2.24) is 20.9 Å². The van der Waals surface area contributed by atoms with Crippen molar-refractivity contribution in [2.75, 3.05) is 53.0 Å². The molecule has 0 saturated carbocycles. The van der Waals surface area contributed by atoms with Gasteiger partial charge < -0.3 is 65.7 Å². The van der Waals surface area contributed by atoms with Crippen LogP contribution in [-0.4, -0.2) is 167 Å². The second-order valence-electron chi connectivity index (χ2n) is 11.8. The minimum Gasteiger partial charge on any atom is -0.394 e. The molecule has 9 N–H and O–H groups in total. The Bertz CT molecular complexity index is 901. The highest BCUT2D eigenvalue weighted by atomic mass is 16.7. The Morgan fingerprint density at radius 1 is 0.822 bits per heavy atom. The smallest absolute Gasteiger partial charge is 0.220 e. The number of ketones is 1. The van der Waals surface area contributed by atoms with E-state index < -0.39 is 73.7 Å². The average Bonchev–Trinajstić information content (AvgIpc) is 3.00. The number of hydrogen-bond acceptors (Lipinski definition) is 14. The number of aliphatic hydroxyl groups excluding tert-OH is 6. The van der Waals surface area contributed by atoms with Gasteiger partial charge in [-0.3, -0.25) is 14.4 Å². The molecule has 0 spiro atoms. The van der Waals surface area contributed by atoms with Gasteiger partial charge in [0.1, 0.15) is 42.7 Å². The molecule has 10 atom stereocenters. The van der Waals surface area contributed by atoms with Crippen LogP contribution in [0.15, 0.2) is 0 Å². The molecule has 0 aromatic rings. The van der Waals surface area contributed by atoms with Crippen LogP contribution in [0.1, 0.15) is 52.4 Å². The van der Waals surface area contributed by atoms with E-state index in [0.29, 0.717) is 45.3 Å². The summed E-state index contributed by atoms with van der Waals surface area (Å²) in [6.07, 6.45) is -6.57. The number of unbranched alkanes of at least 4 members (excludes halogenated alkanes) is 2. The molecule has 2 aliphatic heterocycles. The van der Waals surface area contributed by atoms with Crippen molar-refractivity contribution in [2.45, 2.75) is 114 Å². The summed E-state index contributed by atoms with van der Waals surface area (Å²) in [4.78, 5) is 37.4. The van der Waals surface area contributed by atoms with Crippen molar-refractivity contribution in [3.05, 3.63) is 0 Å². The Morgan fingerprint density at radius 2 is 1.51 bits per heavy atom. The number of carbonyl (C=O) groups is 3. The van der Waals surface area contributed by atoms with E-state index in [1.54, 1.807) is 14.0 Å². The molecule has 0 aromatic carbocycles. The van der Waals surface area contributed by atoms with Gasteiger partial charge in [-0.2, -0.15) is 0 Å². The molecular formula is C29H54N4O12. The Kier molecular flexibility index (Phi) is 17.9. The van der Waals surface area contributed by atoms with Crippen molar-refractivity contribution in [3.63, 3.8) is 0 Å². The van der Waals surface area contributed by atoms with Crippen LogP contribution in [0.2, 0.25) is 0 Å². The van der Waals surface area contributed by atoms with E-state index in [2.05, 4.69) is 20.9 Å². The van der Waals surface area contributed by atoms with Gasteiger partial charge in [0.25, 0.3) is 0 Å². The molecule has 16 heteroatoms. The number of rotatable bonds is 20. The minimum absolute atomic E-state index is 0.00976. The zero-order valence-electron chi connectivity index (χ0n) is 26.5. The third kappa shape index (κ3) is 13.1. The van der Waals surface area contributed by atoms with Gasteiger partial charge in [0.2, 0.25) is 11.8 Å². The summed E-state index contributed by atoms with van der Waals surface area (Å²) in [5.41, 5.74) is 0. The molecular weight excluding hydrogens is 596 g/mol. The predicted octanol–water partition coefficient (Wildman–Crippen LogP) is -3.64. The van der Waals surface area contributed by atoms with Crippen LogP contribution in [0.5, 0.6) is 0 Å². The predicted molar refractivity (Wildman–Crippen MR) is 160 cm³/mol. The van der Waals surface area contributed by atoms with Crippen molar-refractivity contribution < 1.29 is 59.2 Å². The molecule has 0 unspecified atom stereocenters. The van der Waals surface area contributed by atoms with Gasteiger partial charge in [-0.1, -0.05) is 6.42 Å². The Balaban J connectivity index is 1.91. The molecule has 0 radical (unpaired) electrons. The maximum Gasteiger partial charge on any atom is 0.220 e. The van der Waals surface area contributed by atoms with E-state index in [1.807, 2.05) is 0 Å². The summed E-state index contributed by atoms with van der Waals surface area (Å²) >= 11 is 0. The maximum atomic E-state index is 12.0. The maximum absolute atomic E-state index is 12.0. The van der Waals surface area contributed by atoms with Gasteiger partial charge in [0.15, 0.2) is 12.1 Å². The first-order valence-corrected chi connectivity index (χ1v) is 15.8. The van der Waals surface area contributed by atoms with Gasteiger partial charge in [-0.25, -0.2) is 0 Å². The number of aliphatic hydroxyl groups is 6. The molecule has 0 aliphatic carbocycles. The van der Waals surface area contributed by atoms with Crippen LogP contribution in [-0.2, 0) is 28.6 Å². The molecule has 0 aromatic heterocycles. The van der Waals surface area contributed by atoms with E-state index in [9.17, 15) is 45.0 Å². The average molecular weight is 651 g/mol. The fourth-order valence-corrected chi connectivity index (χ4v) is 5.48. The summed E-state index contributed by atoms with van der Waals surface area (Å²) in [6.45, 7) is 4.26. The fourth-order valence-electron chi connectivity index (χ4n) is 5.48. The SMILES string of the molecule is CNCC(=O)CNC(=O)CCCCCN(CCC[C@@H]1O[C@@H](C)[C@@H](O)[C@@H](O)[C@@H]1O)CCO[C@@H]1O[C@H](CO)[C@@H](O)[C@H](O)[C@H]1NC(C)=O. The minimum atomic E-state index is -1.42. The lowest BCUT2D eigenvalue weighted by Gasteiger charge is -2.42. The first kappa shape index (κ1) is 39.3. The van der Waals surface area contributed by atoms with E-state index in [0.717, 1.165) is 12.8 Å². The Hall–Kier alpha value is -1.83. The van der Waals surface area contributed by atoms with Crippen LogP contribution >= 0.6 is 0 Å². The van der Waals surface area contributed by atoms with Gasteiger partial charge in [0.05, 0.1) is 38.5 Å². The largest absolute Gasteiger partial charge is 0.394 e. The quantitative estimate of drug-likeness (QED) is 0.0578. The fraction of sp³-hybridized carbons (Fsp3) is 0.897. The monoisotopic (exact) mass is 650 g/mol. The lowest BCUT2D eigenvalue weighted by Crippen LogP contribution is -2.64. The number of nitrogens with one attached hydrogen (secondary N) is 3. The molecule has 2 rings (SSSR count). The van der Waals surface area contributed by atoms with Crippen molar-refractivity contribution in [3.8, 4) is 0 Å². The van der Waals surface area contributed by atoms with Crippen molar-refractivity contribution in [2.24, 2.45) is 0 Å². The number of carbonyl (C=O) groups excluding carboxylic acids is 3. The zero-order valence-corrected chi connectivity index (χ0v) is 26.5. The number of ether oxygens (including phenoxy) is 3. The van der Waals surface area contributed by atoms with Gasteiger partial charge in [0, 0.05) is 19.9 Å². The van der Waals surface area contributed by atoms with Gasteiger partial charge >= 0.3 is 0 Å².